The van der Waals surface area contributed by atoms with Crippen LogP contribution in [0.3, 0.4) is 0 Å². The summed E-state index contributed by atoms with van der Waals surface area (Å²) >= 11 is 0. The number of benzene rings is 8. The van der Waals surface area contributed by atoms with Gasteiger partial charge in [0.05, 0.1) is 22.1 Å². The topological polar surface area (TPSA) is 8.17 Å². The molecule has 0 saturated heterocycles. The SMILES string of the molecule is CC1(C)c2ccccc2-c2ccc(N(c3ccccc3)c3ccc4c(c3)C3(c5ccccc5-c5ccccc53)c3cccc5c6ccccc6n-4c35)cc21. The highest BCUT2D eigenvalue weighted by Crippen LogP contribution is 2.61. The molecule has 3 aliphatic rings. The number of aromatic nitrogens is 1. The number of hydrogen-bond acceptors (Lipinski definition) is 1. The fraction of sp³-hybridized carbons (Fsp3) is 0.0769. The molecular weight excluding hydrogens is 653 g/mol. The molecule has 8 aromatic carbocycles. The van der Waals surface area contributed by atoms with Crippen LogP contribution in [0.1, 0.15) is 47.2 Å². The molecule has 2 aliphatic carbocycles. The third kappa shape index (κ3) is 3.60. The fourth-order valence-corrected chi connectivity index (χ4v) is 10.5. The summed E-state index contributed by atoms with van der Waals surface area (Å²) in [6.45, 7) is 4.73. The Morgan fingerprint density at radius 2 is 0.926 bits per heavy atom. The van der Waals surface area contributed by atoms with Crippen LogP contribution >= 0.6 is 0 Å². The molecule has 54 heavy (non-hydrogen) atoms. The van der Waals surface area contributed by atoms with Gasteiger partial charge in [0.25, 0.3) is 0 Å². The van der Waals surface area contributed by atoms with Gasteiger partial charge in [0, 0.05) is 33.2 Å². The first-order valence-electron chi connectivity index (χ1n) is 19.0. The largest absolute Gasteiger partial charge is 0.310 e. The van der Waals surface area contributed by atoms with E-state index in [0.717, 1.165) is 17.1 Å². The monoisotopic (exact) mass is 688 g/mol. The molecule has 0 N–H and O–H groups in total. The highest BCUT2D eigenvalue weighted by Gasteiger charge is 2.51. The second-order valence-corrected chi connectivity index (χ2v) is 15.7. The molecule has 0 unspecified atom stereocenters. The Kier molecular flexibility index (Phi) is 5.81. The molecule has 1 aromatic heterocycles. The maximum absolute atomic E-state index is 2.54. The third-order valence-corrected chi connectivity index (χ3v) is 12.8. The van der Waals surface area contributed by atoms with E-state index < -0.39 is 5.41 Å². The van der Waals surface area contributed by atoms with Gasteiger partial charge in [-0.3, -0.25) is 0 Å². The third-order valence-electron chi connectivity index (χ3n) is 12.8. The van der Waals surface area contributed by atoms with Crippen molar-refractivity contribution in [3.63, 3.8) is 0 Å². The van der Waals surface area contributed by atoms with Crippen LogP contribution in [-0.4, -0.2) is 4.57 Å². The molecule has 0 bridgehead atoms. The highest BCUT2D eigenvalue weighted by molar-refractivity contribution is 6.13. The zero-order valence-corrected chi connectivity index (χ0v) is 30.2. The molecule has 254 valence electrons. The van der Waals surface area contributed by atoms with Crippen LogP contribution in [0.5, 0.6) is 0 Å². The standard InChI is InChI=1S/C52H36N2/c1-51(2)42-22-10-6-17-36(42)39-29-27-34(31-46(39)51)53(33-15-4-3-5-16-33)35-28-30-49-47(32-35)52(43-23-11-7-18-37(43)38-19-8-12-24-44(38)52)45-25-14-21-41-40-20-9-13-26-48(40)54(49)50(41)45/h3-32H,1-2H3. The molecule has 0 fully saturated rings. The Morgan fingerprint density at radius 3 is 1.67 bits per heavy atom. The number of rotatable bonds is 3. The van der Waals surface area contributed by atoms with Gasteiger partial charge in [0.15, 0.2) is 0 Å². The average molecular weight is 689 g/mol. The predicted octanol–water partition coefficient (Wildman–Crippen LogP) is 13.2. The van der Waals surface area contributed by atoms with Crippen molar-refractivity contribution in [3.8, 4) is 27.9 Å². The van der Waals surface area contributed by atoms with Gasteiger partial charge in [-0.2, -0.15) is 0 Å². The first-order chi connectivity index (χ1) is 26.6. The summed E-state index contributed by atoms with van der Waals surface area (Å²) in [5.74, 6) is 0. The van der Waals surface area contributed by atoms with E-state index in [0.29, 0.717) is 0 Å². The first-order valence-corrected chi connectivity index (χ1v) is 19.0. The Balaban J connectivity index is 1.18. The van der Waals surface area contributed by atoms with Crippen LogP contribution in [0.4, 0.5) is 17.1 Å². The van der Waals surface area contributed by atoms with E-state index in [1.54, 1.807) is 0 Å². The molecule has 2 heteroatoms. The van der Waals surface area contributed by atoms with Crippen molar-refractivity contribution in [3.05, 3.63) is 215 Å². The highest BCUT2D eigenvalue weighted by atomic mass is 15.1. The maximum atomic E-state index is 2.54. The molecule has 0 radical (unpaired) electrons. The summed E-state index contributed by atoms with van der Waals surface area (Å²) in [7, 11) is 0. The Bertz CT molecular complexity index is 2990. The van der Waals surface area contributed by atoms with E-state index in [-0.39, 0.29) is 5.41 Å². The number of nitrogens with zero attached hydrogens (tertiary/aromatic N) is 2. The molecule has 12 rings (SSSR count). The molecule has 9 aromatic rings. The quantitative estimate of drug-likeness (QED) is 0.179. The molecular formula is C52H36N2. The second kappa shape index (κ2) is 10.5. The zero-order chi connectivity index (χ0) is 35.8. The van der Waals surface area contributed by atoms with E-state index in [1.165, 1.54) is 83.1 Å². The molecule has 2 heterocycles. The zero-order valence-electron chi connectivity index (χ0n) is 30.2. The van der Waals surface area contributed by atoms with Crippen LogP contribution in [0, 0.1) is 0 Å². The summed E-state index contributed by atoms with van der Waals surface area (Å²) in [5, 5.41) is 2.58. The number of anilines is 3. The van der Waals surface area contributed by atoms with Crippen LogP contribution < -0.4 is 4.90 Å². The van der Waals surface area contributed by atoms with Crippen molar-refractivity contribution in [1.29, 1.82) is 0 Å². The Labute approximate surface area is 315 Å². The molecule has 1 aliphatic heterocycles. The summed E-state index contributed by atoms with van der Waals surface area (Å²) in [4.78, 5) is 2.46. The summed E-state index contributed by atoms with van der Waals surface area (Å²) in [6.07, 6.45) is 0. The van der Waals surface area contributed by atoms with Crippen LogP contribution in [0.25, 0.3) is 49.7 Å². The van der Waals surface area contributed by atoms with Crippen molar-refractivity contribution < 1.29 is 0 Å². The van der Waals surface area contributed by atoms with E-state index in [1.807, 2.05) is 0 Å². The van der Waals surface area contributed by atoms with Crippen molar-refractivity contribution >= 4 is 38.9 Å². The van der Waals surface area contributed by atoms with Gasteiger partial charge in [0.1, 0.15) is 0 Å². The van der Waals surface area contributed by atoms with Gasteiger partial charge in [-0.1, -0.05) is 147 Å². The van der Waals surface area contributed by atoms with Crippen LogP contribution in [-0.2, 0) is 10.8 Å². The van der Waals surface area contributed by atoms with Crippen LogP contribution in [0.2, 0.25) is 0 Å². The predicted molar refractivity (Wildman–Crippen MR) is 224 cm³/mol. The van der Waals surface area contributed by atoms with Gasteiger partial charge >= 0.3 is 0 Å². The lowest BCUT2D eigenvalue weighted by molar-refractivity contribution is 0.660. The minimum absolute atomic E-state index is 0.105. The Hall–Kier alpha value is -6.64. The van der Waals surface area contributed by atoms with E-state index in [9.17, 15) is 0 Å². The summed E-state index contributed by atoms with van der Waals surface area (Å²) < 4.78 is 2.54. The molecule has 0 amide bonds. The minimum Gasteiger partial charge on any atom is -0.310 e. The summed E-state index contributed by atoms with van der Waals surface area (Å²) in [5.41, 5.74) is 20.0. The summed E-state index contributed by atoms with van der Waals surface area (Å²) in [6, 6.07) is 68.2. The normalized spacial score (nSPS) is 14.8. The van der Waals surface area contributed by atoms with Gasteiger partial charge in [-0.25, -0.2) is 0 Å². The van der Waals surface area contributed by atoms with Crippen molar-refractivity contribution in [2.45, 2.75) is 24.7 Å². The van der Waals surface area contributed by atoms with Crippen LogP contribution in [0.15, 0.2) is 182 Å². The van der Waals surface area contributed by atoms with Gasteiger partial charge in [-0.05, 0) is 104 Å². The number of hydrogen-bond donors (Lipinski definition) is 0. The van der Waals surface area contributed by atoms with Crippen molar-refractivity contribution in [1.82, 2.24) is 4.57 Å². The molecule has 1 spiro atoms. The molecule has 0 saturated carbocycles. The number of fused-ring (bicyclic) bond motifs is 15. The van der Waals surface area contributed by atoms with Gasteiger partial charge in [0.2, 0.25) is 0 Å². The van der Waals surface area contributed by atoms with Crippen molar-refractivity contribution in [2.24, 2.45) is 0 Å². The van der Waals surface area contributed by atoms with E-state index in [2.05, 4.69) is 205 Å². The van der Waals surface area contributed by atoms with Gasteiger partial charge < -0.3 is 9.47 Å². The minimum atomic E-state index is -0.508. The van der Waals surface area contributed by atoms with E-state index in [4.69, 9.17) is 0 Å². The lowest BCUT2D eigenvalue weighted by atomic mass is 9.65. The van der Waals surface area contributed by atoms with Crippen molar-refractivity contribution in [2.75, 3.05) is 4.90 Å². The molecule has 0 atom stereocenters. The lowest BCUT2D eigenvalue weighted by Crippen LogP contribution is -2.33. The lowest BCUT2D eigenvalue weighted by Gasteiger charge is -2.40. The molecule has 2 nitrogen and oxygen atoms in total. The number of para-hydroxylation sites is 3. The average Bonchev–Trinajstić information content (AvgIpc) is 3.80. The Morgan fingerprint density at radius 1 is 0.389 bits per heavy atom. The van der Waals surface area contributed by atoms with E-state index >= 15 is 0 Å². The first kappa shape index (κ1) is 29.9. The van der Waals surface area contributed by atoms with Gasteiger partial charge in [-0.15, -0.1) is 0 Å². The maximum Gasteiger partial charge on any atom is 0.0755 e. The smallest absolute Gasteiger partial charge is 0.0755 e. The fourth-order valence-electron chi connectivity index (χ4n) is 10.5. The second-order valence-electron chi connectivity index (χ2n) is 15.7.